The number of aliphatic imine (C=N–C) groups is 1. The number of carbonyl (C=O) groups excluding carboxylic acids is 1. The zero-order valence-corrected chi connectivity index (χ0v) is 20.4. The van der Waals surface area contributed by atoms with Crippen molar-refractivity contribution in [3.05, 3.63) is 58.3 Å². The highest BCUT2D eigenvalue weighted by Gasteiger charge is 2.06. The summed E-state index contributed by atoms with van der Waals surface area (Å²) in [5.41, 5.74) is 1.18. The minimum atomic E-state index is -0.0303. The molecule has 0 aliphatic heterocycles. The van der Waals surface area contributed by atoms with E-state index in [2.05, 4.69) is 40.7 Å². The predicted molar refractivity (Wildman–Crippen MR) is 131 cm³/mol. The minimum Gasteiger partial charge on any atom is -0.374 e. The van der Waals surface area contributed by atoms with E-state index in [1.807, 2.05) is 29.6 Å². The van der Waals surface area contributed by atoms with Crippen LogP contribution < -0.4 is 10.6 Å². The topological polar surface area (TPSA) is 66.0 Å². The second-order valence-electron chi connectivity index (χ2n) is 6.59. The minimum absolute atomic E-state index is 0. The molecule has 0 bridgehead atoms. The summed E-state index contributed by atoms with van der Waals surface area (Å²) in [6, 6.07) is 14.3. The lowest BCUT2D eigenvalue weighted by molar-refractivity contribution is -0.127. The average molecular weight is 530 g/mol. The third-order valence-corrected chi connectivity index (χ3v) is 5.01. The second-order valence-corrected chi connectivity index (χ2v) is 7.62. The number of nitrogens with zero attached hydrogens (tertiary/aromatic N) is 2. The maximum Gasteiger partial charge on any atom is 0.243 e. The van der Waals surface area contributed by atoms with Gasteiger partial charge in [-0.15, -0.1) is 35.3 Å². The van der Waals surface area contributed by atoms with Crippen LogP contribution in [0.15, 0.2) is 52.8 Å². The fraction of sp³-hybridized carbons (Fsp3) is 0.429. The Hall–Kier alpha value is -1.65. The largest absolute Gasteiger partial charge is 0.374 e. The molecular weight excluding hydrogens is 499 g/mol. The van der Waals surface area contributed by atoms with Crippen LogP contribution in [0.5, 0.6) is 0 Å². The van der Waals surface area contributed by atoms with E-state index in [9.17, 15) is 4.79 Å². The lowest BCUT2D eigenvalue weighted by Crippen LogP contribution is -2.38. The molecule has 1 unspecified atom stereocenters. The van der Waals surface area contributed by atoms with Crippen molar-refractivity contribution in [3.8, 4) is 0 Å². The van der Waals surface area contributed by atoms with Crippen LogP contribution in [-0.2, 0) is 16.1 Å². The molecule has 0 aliphatic carbocycles. The molecule has 0 radical (unpaired) electrons. The van der Waals surface area contributed by atoms with Gasteiger partial charge in [-0.2, -0.15) is 0 Å². The molecular formula is C21H31IN4O2S. The van der Waals surface area contributed by atoms with Gasteiger partial charge in [-0.25, -0.2) is 4.99 Å². The Morgan fingerprint density at radius 3 is 2.59 bits per heavy atom. The van der Waals surface area contributed by atoms with Crippen molar-refractivity contribution in [2.24, 2.45) is 4.99 Å². The van der Waals surface area contributed by atoms with Crippen LogP contribution in [0.25, 0.3) is 0 Å². The first-order valence-electron chi connectivity index (χ1n) is 9.47. The van der Waals surface area contributed by atoms with Gasteiger partial charge in [0.2, 0.25) is 5.91 Å². The summed E-state index contributed by atoms with van der Waals surface area (Å²) in [5, 5.41) is 8.61. The Morgan fingerprint density at radius 1 is 1.17 bits per heavy atom. The second kappa shape index (κ2) is 14.4. The molecule has 6 nitrogen and oxygen atoms in total. The summed E-state index contributed by atoms with van der Waals surface area (Å²) >= 11 is 1.69. The molecule has 160 valence electrons. The molecule has 1 aromatic carbocycles. The summed E-state index contributed by atoms with van der Waals surface area (Å²) in [5.74, 6) is 0.608. The number of ether oxygens (including phenoxy) is 1. The normalized spacial score (nSPS) is 12.0. The fourth-order valence-electron chi connectivity index (χ4n) is 2.41. The lowest BCUT2D eigenvalue weighted by Gasteiger charge is -2.15. The van der Waals surface area contributed by atoms with E-state index in [1.165, 1.54) is 10.4 Å². The summed E-state index contributed by atoms with van der Waals surface area (Å²) in [6.07, 6.45) is 0.919. The zero-order valence-electron chi connectivity index (χ0n) is 17.3. The van der Waals surface area contributed by atoms with Crippen molar-refractivity contribution >= 4 is 47.2 Å². The van der Waals surface area contributed by atoms with Crippen molar-refractivity contribution < 1.29 is 9.53 Å². The highest BCUT2D eigenvalue weighted by molar-refractivity contribution is 14.0. The summed E-state index contributed by atoms with van der Waals surface area (Å²) < 4.78 is 5.90. The first kappa shape index (κ1) is 25.4. The highest BCUT2D eigenvalue weighted by atomic mass is 127. The number of likely N-dealkylation sites (N-methyl/N-ethyl adjacent to an activating group) is 1. The van der Waals surface area contributed by atoms with Gasteiger partial charge in [0.1, 0.15) is 6.54 Å². The van der Waals surface area contributed by atoms with Gasteiger partial charge in [0.15, 0.2) is 5.96 Å². The van der Waals surface area contributed by atoms with Gasteiger partial charge in [0, 0.05) is 32.1 Å². The van der Waals surface area contributed by atoms with Gasteiger partial charge in [-0.1, -0.05) is 36.4 Å². The summed E-state index contributed by atoms with van der Waals surface area (Å²) in [7, 11) is 3.46. The van der Waals surface area contributed by atoms with Gasteiger partial charge >= 0.3 is 0 Å². The van der Waals surface area contributed by atoms with Crippen LogP contribution in [0.1, 0.15) is 29.9 Å². The van der Waals surface area contributed by atoms with Crippen molar-refractivity contribution in [2.75, 3.05) is 33.8 Å². The van der Waals surface area contributed by atoms with E-state index in [1.54, 1.807) is 30.3 Å². The molecule has 0 fully saturated rings. The smallest absolute Gasteiger partial charge is 0.243 e. The molecule has 1 atom stereocenters. The molecule has 0 saturated carbocycles. The number of halogens is 1. The molecule has 1 aromatic heterocycles. The summed E-state index contributed by atoms with van der Waals surface area (Å²) in [6.45, 7) is 4.23. The van der Waals surface area contributed by atoms with E-state index >= 15 is 0 Å². The van der Waals surface area contributed by atoms with E-state index in [0.717, 1.165) is 6.42 Å². The molecule has 2 rings (SSSR count). The molecule has 1 heterocycles. The van der Waals surface area contributed by atoms with Crippen molar-refractivity contribution in [3.63, 3.8) is 0 Å². The molecule has 1 amide bonds. The number of rotatable bonds is 10. The standard InChI is InChI=1S/C21H30N4O2S.HI/c1-17(18-9-5-4-6-10-18)27-13-8-12-22-21(24-16-20(26)25(2)3)23-15-19-11-7-14-28-19;/h4-7,9-11,14,17H,8,12-13,15-16H2,1-3H3,(H2,22,23,24);1H. The molecule has 8 heteroatoms. The third-order valence-electron chi connectivity index (χ3n) is 4.13. The highest BCUT2D eigenvalue weighted by Crippen LogP contribution is 2.15. The van der Waals surface area contributed by atoms with E-state index < -0.39 is 0 Å². The van der Waals surface area contributed by atoms with Gasteiger partial charge in [-0.05, 0) is 30.4 Å². The first-order chi connectivity index (χ1) is 13.6. The average Bonchev–Trinajstić information content (AvgIpc) is 3.23. The van der Waals surface area contributed by atoms with E-state index in [0.29, 0.717) is 25.7 Å². The Balaban J connectivity index is 0.00000420. The Bertz CT molecular complexity index is 724. The number of hydrogen-bond acceptors (Lipinski definition) is 4. The van der Waals surface area contributed by atoms with Crippen LogP contribution in [-0.4, -0.2) is 50.6 Å². The molecule has 29 heavy (non-hydrogen) atoms. The zero-order chi connectivity index (χ0) is 20.2. The third kappa shape index (κ3) is 10.1. The van der Waals surface area contributed by atoms with Crippen LogP contribution in [0.2, 0.25) is 0 Å². The lowest BCUT2D eigenvalue weighted by atomic mass is 10.1. The predicted octanol–water partition coefficient (Wildman–Crippen LogP) is 3.66. The molecule has 0 aliphatic rings. The fourth-order valence-corrected chi connectivity index (χ4v) is 3.05. The van der Waals surface area contributed by atoms with Gasteiger partial charge in [-0.3, -0.25) is 4.79 Å². The van der Waals surface area contributed by atoms with Gasteiger partial charge < -0.3 is 20.3 Å². The van der Waals surface area contributed by atoms with Crippen molar-refractivity contribution in [2.45, 2.75) is 26.0 Å². The van der Waals surface area contributed by atoms with Crippen LogP contribution >= 0.6 is 35.3 Å². The number of guanidine groups is 1. The monoisotopic (exact) mass is 530 g/mol. The number of amides is 1. The van der Waals surface area contributed by atoms with Crippen LogP contribution in [0.4, 0.5) is 0 Å². The SMILES string of the molecule is CC(OCCCNC(=NCC(=O)N(C)C)NCc1cccs1)c1ccccc1.I. The Morgan fingerprint density at radius 2 is 1.93 bits per heavy atom. The van der Waals surface area contributed by atoms with Crippen LogP contribution in [0, 0.1) is 0 Å². The maximum absolute atomic E-state index is 11.8. The van der Waals surface area contributed by atoms with E-state index in [-0.39, 0.29) is 42.5 Å². The number of carbonyl (C=O) groups is 1. The Kier molecular flexibility index (Phi) is 12.6. The molecule has 2 N–H and O–H groups in total. The number of hydrogen-bond donors (Lipinski definition) is 2. The molecule has 2 aromatic rings. The molecule has 0 spiro atoms. The van der Waals surface area contributed by atoms with E-state index in [4.69, 9.17) is 4.74 Å². The summed E-state index contributed by atoms with van der Waals surface area (Å²) in [4.78, 5) is 19.0. The Labute approximate surface area is 194 Å². The quantitative estimate of drug-likeness (QED) is 0.213. The van der Waals surface area contributed by atoms with Crippen molar-refractivity contribution in [1.82, 2.24) is 15.5 Å². The number of benzene rings is 1. The van der Waals surface area contributed by atoms with Gasteiger partial charge in [0.05, 0.1) is 12.6 Å². The molecule has 0 saturated heterocycles. The van der Waals surface area contributed by atoms with Gasteiger partial charge in [0.25, 0.3) is 0 Å². The van der Waals surface area contributed by atoms with Crippen molar-refractivity contribution in [1.29, 1.82) is 0 Å². The first-order valence-corrected chi connectivity index (χ1v) is 10.4. The maximum atomic E-state index is 11.8. The van der Waals surface area contributed by atoms with Crippen LogP contribution in [0.3, 0.4) is 0 Å². The number of thiophene rings is 1. The number of nitrogens with one attached hydrogen (secondary N) is 2.